The Morgan fingerprint density at radius 2 is 1.80 bits per heavy atom. The maximum Gasteiger partial charge on any atom is 0.274 e. The molecule has 0 amide bonds. The van der Waals surface area contributed by atoms with E-state index in [1.807, 2.05) is 37.5 Å². The molecule has 2 aromatic rings. The van der Waals surface area contributed by atoms with E-state index in [0.29, 0.717) is 22.8 Å². The first kappa shape index (κ1) is 46.7. The molecular weight excluding hydrogens is 695 g/mol. The molecule has 2 aromatic heterocycles. The van der Waals surface area contributed by atoms with E-state index in [1.165, 1.54) is 48.2 Å². The van der Waals surface area contributed by atoms with Crippen molar-refractivity contribution in [2.24, 2.45) is 12.5 Å². The van der Waals surface area contributed by atoms with Crippen LogP contribution >= 0.6 is 0 Å². The molecule has 310 valence electrons. The number of aromatic nitrogens is 2. The van der Waals surface area contributed by atoms with Crippen LogP contribution in [0, 0.1) is 5.41 Å². The second-order valence-corrected chi connectivity index (χ2v) is 16.8. The topological polar surface area (TPSA) is 82.9 Å². The predicted octanol–water partition coefficient (Wildman–Crippen LogP) is 10.6. The largest absolute Gasteiger partial charge is 0.392 e. The molecule has 1 unspecified atom stereocenters. The summed E-state index contributed by atoms with van der Waals surface area (Å²) in [6.07, 6.45) is 17.8. The van der Waals surface area contributed by atoms with Gasteiger partial charge in [0, 0.05) is 43.8 Å². The van der Waals surface area contributed by atoms with Gasteiger partial charge in [0.25, 0.3) is 5.56 Å². The Bertz CT molecular complexity index is 1740. The summed E-state index contributed by atoms with van der Waals surface area (Å²) >= 11 is 0. The Kier molecular flexibility index (Phi) is 19.1. The van der Waals surface area contributed by atoms with Crippen molar-refractivity contribution in [1.82, 2.24) is 19.4 Å². The van der Waals surface area contributed by atoms with E-state index >= 15 is 0 Å². The number of rotatable bonds is 20. The Hall–Kier alpha value is -3.72. The van der Waals surface area contributed by atoms with E-state index in [9.17, 15) is 9.90 Å². The first-order valence-electron chi connectivity index (χ1n) is 21.2. The van der Waals surface area contributed by atoms with Gasteiger partial charge in [-0.05, 0) is 124 Å². The molecule has 0 aromatic carbocycles. The van der Waals surface area contributed by atoms with E-state index in [4.69, 9.17) is 4.74 Å². The highest BCUT2D eigenvalue weighted by molar-refractivity contribution is 5.73. The van der Waals surface area contributed by atoms with Crippen LogP contribution in [0.1, 0.15) is 131 Å². The third-order valence-electron chi connectivity index (χ3n) is 11.1. The molecule has 4 rings (SSSR count). The van der Waals surface area contributed by atoms with Crippen LogP contribution < -0.4 is 10.9 Å². The second kappa shape index (κ2) is 22.9. The third kappa shape index (κ3) is 13.5. The molecule has 1 aliphatic carbocycles. The fourth-order valence-corrected chi connectivity index (χ4v) is 7.72. The van der Waals surface area contributed by atoms with Crippen molar-refractivity contribution >= 4 is 17.1 Å². The highest BCUT2D eigenvalue weighted by Gasteiger charge is 2.28. The zero-order valence-electron chi connectivity index (χ0n) is 36.9. The Morgan fingerprint density at radius 1 is 1.11 bits per heavy atom. The van der Waals surface area contributed by atoms with Gasteiger partial charge in [0.1, 0.15) is 11.5 Å². The van der Waals surface area contributed by atoms with Crippen molar-refractivity contribution in [2.45, 2.75) is 126 Å². The zero-order valence-corrected chi connectivity index (χ0v) is 36.9. The molecule has 1 aliphatic heterocycles. The smallest absolute Gasteiger partial charge is 0.274 e. The van der Waals surface area contributed by atoms with Crippen molar-refractivity contribution in [3.8, 4) is 0 Å². The summed E-state index contributed by atoms with van der Waals surface area (Å²) < 4.78 is 6.75. The molecule has 2 N–H and O–H groups in total. The Morgan fingerprint density at radius 3 is 2.30 bits per heavy atom. The van der Waals surface area contributed by atoms with Gasteiger partial charge in [-0.1, -0.05) is 90.8 Å². The maximum absolute atomic E-state index is 13.2. The molecule has 8 heteroatoms. The number of nitrogens with zero attached hydrogens (tertiary/aromatic N) is 4. The standard InChI is InChI=1S/C39H56N4O2.C9H19NO/c1-11-14-18-43(24-27(4)19-32-22-39(8,9)21-29(32)6)36(15-12-2)34(26-44)30(7)33-20-35(38(45)42(10)25-33)41-37-17-16-31(23-40-37)28(5)13-3;1-3-5-10(6-4-2)9-7-11-8-9/h12,15-17,19-20,23,25,28,44H,2,11,13-14,18,21-22,24,26H2,1,3-10H3,(H,40,41);9H,3-8H2,1-2H3/b27-19+,34-30+,36-15+;. The number of nitrogens with one attached hydrogen (secondary N) is 1. The molecule has 3 heterocycles. The number of ether oxygens (including phenoxy) is 1. The van der Waals surface area contributed by atoms with Crippen molar-refractivity contribution in [3.63, 3.8) is 0 Å². The highest BCUT2D eigenvalue weighted by Crippen LogP contribution is 2.42. The minimum absolute atomic E-state index is 0.139. The molecule has 0 bridgehead atoms. The first-order valence-corrected chi connectivity index (χ1v) is 21.2. The number of aryl methyl sites for hydroxylation is 1. The summed E-state index contributed by atoms with van der Waals surface area (Å²) in [4.78, 5) is 22.6. The molecule has 1 fully saturated rings. The van der Waals surface area contributed by atoms with Gasteiger partial charge in [0.2, 0.25) is 0 Å². The molecule has 0 saturated carbocycles. The number of hydrogen-bond donors (Lipinski definition) is 2. The number of anilines is 2. The summed E-state index contributed by atoms with van der Waals surface area (Å²) in [5.41, 5.74) is 9.54. The molecule has 56 heavy (non-hydrogen) atoms. The number of pyridine rings is 2. The lowest BCUT2D eigenvalue weighted by molar-refractivity contribution is -0.0646. The lowest BCUT2D eigenvalue weighted by Crippen LogP contribution is -2.49. The predicted molar refractivity (Wildman–Crippen MR) is 239 cm³/mol. The number of aliphatic hydroxyl groups is 1. The van der Waals surface area contributed by atoms with Crippen LogP contribution in [0.2, 0.25) is 0 Å². The highest BCUT2D eigenvalue weighted by atomic mass is 16.5. The number of unbranched alkanes of at least 4 members (excludes halogenated alkanes) is 1. The fraction of sp³-hybridized carbons (Fsp3) is 0.583. The monoisotopic (exact) mass is 770 g/mol. The lowest BCUT2D eigenvalue weighted by atomic mass is 9.89. The Balaban J connectivity index is 0.000000655. The van der Waals surface area contributed by atoms with Gasteiger partial charge < -0.3 is 24.6 Å². The Labute approximate surface area is 340 Å². The van der Waals surface area contributed by atoms with Crippen molar-refractivity contribution in [3.05, 3.63) is 105 Å². The molecule has 1 saturated heterocycles. The minimum Gasteiger partial charge on any atom is -0.392 e. The van der Waals surface area contributed by atoms with Gasteiger partial charge in [-0.25, -0.2) is 4.98 Å². The van der Waals surface area contributed by atoms with Crippen LogP contribution in [0.3, 0.4) is 0 Å². The van der Waals surface area contributed by atoms with Crippen LogP contribution in [-0.4, -0.2) is 76.5 Å². The molecule has 0 radical (unpaired) electrons. The average molecular weight is 770 g/mol. The summed E-state index contributed by atoms with van der Waals surface area (Å²) in [6.45, 7) is 32.1. The molecule has 1 atom stereocenters. The fourth-order valence-electron chi connectivity index (χ4n) is 7.72. The van der Waals surface area contributed by atoms with Gasteiger partial charge in [0.15, 0.2) is 0 Å². The minimum atomic E-state index is -0.142. The van der Waals surface area contributed by atoms with Gasteiger partial charge in [-0.15, -0.1) is 0 Å². The van der Waals surface area contributed by atoms with Crippen LogP contribution in [0.5, 0.6) is 0 Å². The van der Waals surface area contributed by atoms with E-state index in [2.05, 4.69) is 101 Å². The molecule has 8 nitrogen and oxygen atoms in total. The van der Waals surface area contributed by atoms with Crippen LogP contribution in [0.25, 0.3) is 5.57 Å². The van der Waals surface area contributed by atoms with E-state index in [1.54, 1.807) is 17.7 Å². The van der Waals surface area contributed by atoms with E-state index in [-0.39, 0.29) is 12.2 Å². The lowest BCUT2D eigenvalue weighted by Gasteiger charge is -2.37. The van der Waals surface area contributed by atoms with Gasteiger partial charge >= 0.3 is 0 Å². The third-order valence-corrected chi connectivity index (χ3v) is 11.1. The number of hydrogen-bond acceptors (Lipinski definition) is 7. The second-order valence-electron chi connectivity index (χ2n) is 16.8. The van der Waals surface area contributed by atoms with Crippen molar-refractivity contribution in [2.75, 3.05) is 51.3 Å². The molecular formula is C48H75N5O3. The van der Waals surface area contributed by atoms with Crippen LogP contribution in [0.15, 0.2) is 88.2 Å². The van der Waals surface area contributed by atoms with E-state index < -0.39 is 0 Å². The number of aliphatic hydroxyl groups excluding tert-OH is 1. The van der Waals surface area contributed by atoms with Crippen molar-refractivity contribution < 1.29 is 9.84 Å². The van der Waals surface area contributed by atoms with Crippen molar-refractivity contribution in [1.29, 1.82) is 0 Å². The van der Waals surface area contributed by atoms with Gasteiger partial charge in [0.05, 0.1) is 25.9 Å². The summed E-state index contributed by atoms with van der Waals surface area (Å²) in [5.74, 6) is 1.05. The van der Waals surface area contributed by atoms with Gasteiger partial charge in [-0.2, -0.15) is 0 Å². The number of allylic oxidation sites excluding steroid dienone is 6. The first-order chi connectivity index (χ1) is 26.7. The summed E-state index contributed by atoms with van der Waals surface area (Å²) in [5, 5.41) is 14.1. The quantitative estimate of drug-likeness (QED) is 0.130. The van der Waals surface area contributed by atoms with Crippen LogP contribution in [-0.2, 0) is 11.8 Å². The molecule has 2 aliphatic rings. The van der Waals surface area contributed by atoms with Crippen LogP contribution in [0.4, 0.5) is 11.5 Å². The normalized spacial score (nSPS) is 16.9. The average Bonchev–Trinajstić information content (AvgIpc) is 3.41. The summed E-state index contributed by atoms with van der Waals surface area (Å²) in [6, 6.07) is 6.58. The van der Waals surface area contributed by atoms with E-state index in [0.717, 1.165) is 86.9 Å². The summed E-state index contributed by atoms with van der Waals surface area (Å²) in [7, 11) is 1.76. The molecule has 0 spiro atoms. The SMILES string of the molecule is C=C/C=C(\C(CO)=C(/C)c1cc(Nc2ccc(C(C)CC)cn2)c(=O)n(C)c1)N(CCCC)C/C(C)=C/C1=C(C)CC(C)(C)C1.CCCN(CCC)C1COC1. The zero-order chi connectivity index (χ0) is 41.4. The van der Waals surface area contributed by atoms with Gasteiger partial charge in [-0.3, -0.25) is 9.69 Å². The maximum atomic E-state index is 13.2.